The second kappa shape index (κ2) is 9.50. The summed E-state index contributed by atoms with van der Waals surface area (Å²) in [6, 6.07) is 10.9. The van der Waals surface area contributed by atoms with Gasteiger partial charge < -0.3 is 9.32 Å². The van der Waals surface area contributed by atoms with E-state index >= 15 is 0 Å². The first kappa shape index (κ1) is 22.6. The summed E-state index contributed by atoms with van der Waals surface area (Å²) in [6.45, 7) is 2.62. The van der Waals surface area contributed by atoms with Gasteiger partial charge in [-0.15, -0.1) is 10.2 Å². The van der Waals surface area contributed by atoms with Crippen LogP contribution in [0.5, 0.6) is 0 Å². The number of ketones is 1. The smallest absolute Gasteiger partial charge is 0.233 e. The van der Waals surface area contributed by atoms with Gasteiger partial charge in [0.1, 0.15) is 5.54 Å². The maximum Gasteiger partial charge on any atom is 0.233 e. The first-order chi connectivity index (χ1) is 15.5. The Balaban J connectivity index is 1.58. The lowest BCUT2D eigenvalue weighted by Crippen LogP contribution is -2.54. The van der Waals surface area contributed by atoms with Crippen LogP contribution in [0.4, 0.5) is 0 Å². The Morgan fingerprint density at radius 2 is 2.06 bits per heavy atom. The normalized spacial score (nSPS) is 18.7. The number of rotatable bonds is 7. The molecule has 1 atom stereocenters. The number of carbonyl (C=O) groups is 2. The van der Waals surface area contributed by atoms with Gasteiger partial charge in [-0.05, 0) is 44.4 Å². The van der Waals surface area contributed by atoms with Crippen LogP contribution in [0.15, 0.2) is 52.2 Å². The highest BCUT2D eigenvalue weighted by molar-refractivity contribution is 7.99. The summed E-state index contributed by atoms with van der Waals surface area (Å²) < 4.78 is 7.36. The molecule has 3 aromatic rings. The monoisotopic (exact) mass is 472 g/mol. The van der Waals surface area contributed by atoms with E-state index in [0.29, 0.717) is 46.7 Å². The minimum absolute atomic E-state index is 0.0366. The summed E-state index contributed by atoms with van der Waals surface area (Å²) in [5.74, 6) is 1.26. The number of furan rings is 1. The molecule has 0 spiro atoms. The van der Waals surface area contributed by atoms with Gasteiger partial charge in [-0.2, -0.15) is 0 Å². The highest BCUT2D eigenvalue weighted by atomic mass is 35.5. The van der Waals surface area contributed by atoms with Crippen LogP contribution in [-0.4, -0.2) is 44.2 Å². The van der Waals surface area contributed by atoms with Gasteiger partial charge in [0, 0.05) is 30.6 Å². The zero-order valence-corrected chi connectivity index (χ0v) is 19.7. The van der Waals surface area contributed by atoms with E-state index in [4.69, 9.17) is 16.0 Å². The van der Waals surface area contributed by atoms with Crippen molar-refractivity contribution in [3.63, 3.8) is 0 Å². The third-order valence-electron chi connectivity index (χ3n) is 6.02. The zero-order chi connectivity index (χ0) is 22.7. The maximum absolute atomic E-state index is 13.3. The lowest BCUT2D eigenvalue weighted by Gasteiger charge is -2.44. The van der Waals surface area contributed by atoms with Crippen molar-refractivity contribution in [1.82, 2.24) is 19.7 Å². The number of hydrogen-bond donors (Lipinski definition) is 0. The molecule has 0 N–H and O–H groups in total. The Hall–Kier alpha value is -2.58. The predicted molar refractivity (Wildman–Crippen MR) is 123 cm³/mol. The number of carbonyl (C=O) groups excluding carboxylic acids is 2. The molecule has 0 radical (unpaired) electrons. The summed E-state index contributed by atoms with van der Waals surface area (Å²) in [5, 5.41) is 9.61. The number of nitrogens with zero attached hydrogens (tertiary/aromatic N) is 4. The van der Waals surface area contributed by atoms with Crippen molar-refractivity contribution in [2.45, 2.75) is 49.8 Å². The number of aromatic nitrogens is 3. The van der Waals surface area contributed by atoms with Gasteiger partial charge in [0.05, 0.1) is 12.0 Å². The van der Waals surface area contributed by atoms with Gasteiger partial charge in [0.2, 0.25) is 5.91 Å². The van der Waals surface area contributed by atoms with Gasteiger partial charge >= 0.3 is 0 Å². The number of Topliss-reactive ketones (excluding diaryl/α,β-unsaturated/α-hetero) is 1. The minimum atomic E-state index is -1.04. The molecule has 7 nitrogen and oxygen atoms in total. The molecule has 1 aromatic carbocycles. The summed E-state index contributed by atoms with van der Waals surface area (Å²) in [7, 11) is 1.70. The van der Waals surface area contributed by atoms with Crippen LogP contribution >= 0.6 is 23.4 Å². The number of halogens is 1. The van der Waals surface area contributed by atoms with E-state index in [0.717, 1.165) is 12.8 Å². The molecule has 2 heterocycles. The van der Waals surface area contributed by atoms with Crippen LogP contribution in [0.3, 0.4) is 0 Å². The predicted octanol–water partition coefficient (Wildman–Crippen LogP) is 4.80. The third kappa shape index (κ3) is 3.97. The standard InChI is InChI=1S/C23H25ClN4O3S/c1-3-28-21(18-11-8-14-31-18)25-26-22(28)32-15-20(30)27(2)23(13-7-6-12-19(23)29)16-9-4-5-10-17(16)24/h4-5,8-11,14H,3,6-7,12-13,15H2,1-2H3/t23-/m1/s1. The first-order valence-corrected chi connectivity index (χ1v) is 12.0. The molecule has 2 aromatic heterocycles. The van der Waals surface area contributed by atoms with Crippen molar-refractivity contribution < 1.29 is 14.0 Å². The summed E-state index contributed by atoms with van der Waals surface area (Å²) in [5.41, 5.74) is -0.338. The lowest BCUT2D eigenvalue weighted by atomic mass is 9.74. The molecule has 1 amide bonds. The van der Waals surface area contributed by atoms with Crippen LogP contribution in [0.25, 0.3) is 11.6 Å². The Morgan fingerprint density at radius 3 is 2.75 bits per heavy atom. The van der Waals surface area contributed by atoms with Gasteiger partial charge in [-0.3, -0.25) is 14.2 Å². The number of hydrogen-bond acceptors (Lipinski definition) is 6. The Morgan fingerprint density at radius 1 is 1.25 bits per heavy atom. The molecule has 1 aliphatic carbocycles. The van der Waals surface area contributed by atoms with Gasteiger partial charge in [-0.1, -0.05) is 41.6 Å². The molecule has 9 heteroatoms. The average Bonchev–Trinajstić information content (AvgIpc) is 3.47. The molecule has 4 rings (SSSR count). The summed E-state index contributed by atoms with van der Waals surface area (Å²) in [6.07, 6.45) is 4.28. The largest absolute Gasteiger partial charge is 0.461 e. The van der Waals surface area contributed by atoms with E-state index in [1.807, 2.05) is 35.8 Å². The molecule has 0 saturated heterocycles. The number of benzene rings is 1. The van der Waals surface area contributed by atoms with E-state index in [1.165, 1.54) is 11.8 Å². The van der Waals surface area contributed by atoms with E-state index in [9.17, 15) is 9.59 Å². The lowest BCUT2D eigenvalue weighted by molar-refractivity contribution is -0.146. The van der Waals surface area contributed by atoms with Crippen LogP contribution < -0.4 is 0 Å². The van der Waals surface area contributed by atoms with Crippen molar-refractivity contribution in [2.75, 3.05) is 12.8 Å². The van der Waals surface area contributed by atoms with Crippen molar-refractivity contribution in [2.24, 2.45) is 0 Å². The second-order valence-electron chi connectivity index (χ2n) is 7.74. The highest BCUT2D eigenvalue weighted by Gasteiger charge is 2.47. The fourth-order valence-electron chi connectivity index (χ4n) is 4.33. The topological polar surface area (TPSA) is 81.2 Å². The summed E-state index contributed by atoms with van der Waals surface area (Å²) in [4.78, 5) is 28.1. The molecule has 0 bridgehead atoms. The van der Waals surface area contributed by atoms with E-state index in [-0.39, 0.29) is 17.4 Å². The minimum Gasteiger partial charge on any atom is -0.461 e. The van der Waals surface area contributed by atoms with Gasteiger partial charge in [0.25, 0.3) is 0 Å². The second-order valence-corrected chi connectivity index (χ2v) is 9.09. The van der Waals surface area contributed by atoms with E-state index in [1.54, 1.807) is 30.3 Å². The van der Waals surface area contributed by atoms with Crippen LogP contribution in [0, 0.1) is 0 Å². The molecule has 1 fully saturated rings. The Kier molecular flexibility index (Phi) is 6.71. The van der Waals surface area contributed by atoms with Gasteiger partial charge in [0.15, 0.2) is 22.5 Å². The fraction of sp³-hybridized carbons (Fsp3) is 0.391. The molecule has 168 valence electrons. The molecular weight excluding hydrogens is 448 g/mol. The quantitative estimate of drug-likeness (QED) is 0.459. The van der Waals surface area contributed by atoms with Crippen LogP contribution in [0.2, 0.25) is 5.02 Å². The first-order valence-electron chi connectivity index (χ1n) is 10.6. The SMILES string of the molecule is CCn1c(SCC(=O)N(C)[C@@]2(c3ccccc3Cl)CCCCC2=O)nnc1-c1ccco1. The molecule has 0 unspecified atom stereocenters. The molecule has 1 saturated carbocycles. The van der Waals surface area contributed by atoms with Gasteiger partial charge in [-0.25, -0.2) is 0 Å². The maximum atomic E-state index is 13.3. The average molecular weight is 473 g/mol. The number of thioether (sulfide) groups is 1. The van der Waals surface area contributed by atoms with Crippen molar-refractivity contribution in [3.8, 4) is 11.6 Å². The zero-order valence-electron chi connectivity index (χ0n) is 18.1. The van der Waals surface area contributed by atoms with Crippen LogP contribution in [-0.2, 0) is 21.7 Å². The molecule has 32 heavy (non-hydrogen) atoms. The number of amides is 1. The molecule has 1 aliphatic rings. The molecular formula is C23H25ClN4O3S. The van der Waals surface area contributed by atoms with Crippen LogP contribution in [0.1, 0.15) is 38.2 Å². The van der Waals surface area contributed by atoms with Crippen molar-refractivity contribution in [3.05, 3.63) is 53.2 Å². The third-order valence-corrected chi connectivity index (χ3v) is 7.30. The Bertz CT molecular complexity index is 1110. The Labute approximate surface area is 196 Å². The van der Waals surface area contributed by atoms with E-state index < -0.39 is 5.54 Å². The van der Waals surface area contributed by atoms with Crippen molar-refractivity contribution >= 4 is 35.1 Å². The highest BCUT2D eigenvalue weighted by Crippen LogP contribution is 2.42. The summed E-state index contributed by atoms with van der Waals surface area (Å²) >= 11 is 7.80. The fourth-order valence-corrected chi connectivity index (χ4v) is 5.54. The molecule has 0 aliphatic heterocycles. The number of likely N-dealkylation sites (N-methyl/N-ethyl adjacent to an activating group) is 1. The van der Waals surface area contributed by atoms with Crippen molar-refractivity contribution in [1.29, 1.82) is 0 Å². The van der Waals surface area contributed by atoms with E-state index in [2.05, 4.69) is 10.2 Å².